The smallest absolute Gasteiger partial charge is 0.168 e. The van der Waals surface area contributed by atoms with Crippen LogP contribution in [0.3, 0.4) is 0 Å². The third-order valence-corrected chi connectivity index (χ3v) is 4.90. The van der Waals surface area contributed by atoms with E-state index in [1.165, 1.54) is 17.7 Å². The van der Waals surface area contributed by atoms with Gasteiger partial charge in [0.2, 0.25) is 0 Å². The van der Waals surface area contributed by atoms with Crippen molar-refractivity contribution in [2.45, 2.75) is 41.6 Å². The van der Waals surface area contributed by atoms with Gasteiger partial charge in [0.05, 0.1) is 13.2 Å². The highest BCUT2D eigenvalue weighted by molar-refractivity contribution is 8.00. The average molecular weight is 250 g/mol. The van der Waals surface area contributed by atoms with Gasteiger partial charge >= 0.3 is 0 Å². The molecule has 0 bridgehead atoms. The summed E-state index contributed by atoms with van der Waals surface area (Å²) < 4.78 is 11.5. The van der Waals surface area contributed by atoms with Gasteiger partial charge in [0.15, 0.2) is 5.79 Å². The summed E-state index contributed by atoms with van der Waals surface area (Å²) in [6.07, 6.45) is 4.49. The Bertz CT molecular complexity index is 350. The van der Waals surface area contributed by atoms with Crippen LogP contribution in [0.4, 0.5) is 0 Å². The summed E-state index contributed by atoms with van der Waals surface area (Å²) in [6.45, 7) is 1.55. The first-order chi connectivity index (χ1) is 8.36. The molecular weight excluding hydrogens is 232 g/mol. The number of rotatable bonds is 2. The van der Waals surface area contributed by atoms with Gasteiger partial charge in [-0.1, -0.05) is 18.2 Å². The Morgan fingerprint density at radius 2 is 1.65 bits per heavy atom. The van der Waals surface area contributed by atoms with E-state index in [0.29, 0.717) is 0 Å². The highest BCUT2D eigenvalue weighted by Gasteiger charge is 2.40. The lowest BCUT2D eigenvalue weighted by Crippen LogP contribution is -2.35. The van der Waals surface area contributed by atoms with Crippen molar-refractivity contribution in [2.24, 2.45) is 0 Å². The molecule has 1 saturated heterocycles. The summed E-state index contributed by atoms with van der Waals surface area (Å²) in [5.41, 5.74) is 0. The van der Waals surface area contributed by atoms with E-state index in [0.717, 1.165) is 31.3 Å². The number of thioether (sulfide) groups is 1. The quantitative estimate of drug-likeness (QED) is 0.801. The summed E-state index contributed by atoms with van der Waals surface area (Å²) in [5, 5.41) is 0.718. The van der Waals surface area contributed by atoms with Crippen LogP contribution < -0.4 is 0 Å². The lowest BCUT2D eigenvalue weighted by molar-refractivity contribution is -0.175. The molecule has 0 aromatic heterocycles. The summed E-state index contributed by atoms with van der Waals surface area (Å²) in [6, 6.07) is 10.7. The Morgan fingerprint density at radius 3 is 2.29 bits per heavy atom. The second-order valence-electron chi connectivity index (χ2n) is 4.74. The van der Waals surface area contributed by atoms with Gasteiger partial charge in [-0.15, -0.1) is 11.8 Å². The Labute approximate surface area is 107 Å². The summed E-state index contributed by atoms with van der Waals surface area (Å²) >= 11 is 2.00. The van der Waals surface area contributed by atoms with Crippen molar-refractivity contribution in [3.8, 4) is 0 Å². The Kier molecular flexibility index (Phi) is 3.41. The summed E-state index contributed by atoms with van der Waals surface area (Å²) in [7, 11) is 0. The minimum Gasteiger partial charge on any atom is -0.348 e. The number of benzene rings is 1. The first-order valence-electron chi connectivity index (χ1n) is 6.36. The molecule has 1 aromatic rings. The molecule has 92 valence electrons. The normalized spacial score (nSPS) is 24.2. The SMILES string of the molecule is c1ccc(SC2CCC3(CC2)OCCO3)cc1. The molecule has 17 heavy (non-hydrogen) atoms. The van der Waals surface area contributed by atoms with Crippen LogP contribution in [0.2, 0.25) is 0 Å². The topological polar surface area (TPSA) is 18.5 Å². The molecule has 2 aliphatic rings. The lowest BCUT2D eigenvalue weighted by atomic mass is 9.94. The van der Waals surface area contributed by atoms with Gasteiger partial charge in [0, 0.05) is 23.0 Å². The zero-order chi connectivity index (χ0) is 11.6. The van der Waals surface area contributed by atoms with Gasteiger partial charge < -0.3 is 9.47 Å². The van der Waals surface area contributed by atoms with E-state index in [1.807, 2.05) is 11.8 Å². The molecule has 1 aliphatic heterocycles. The van der Waals surface area contributed by atoms with Crippen LogP contribution in [-0.4, -0.2) is 24.3 Å². The standard InChI is InChI=1S/C14H18O2S/c1-2-4-12(5-3-1)17-13-6-8-14(9-7-13)15-10-11-16-14/h1-5,13H,6-11H2. The molecule has 0 N–H and O–H groups in total. The summed E-state index contributed by atoms with van der Waals surface area (Å²) in [4.78, 5) is 1.38. The Hall–Kier alpha value is -0.510. The highest BCUT2D eigenvalue weighted by atomic mass is 32.2. The molecule has 1 aliphatic carbocycles. The fraction of sp³-hybridized carbons (Fsp3) is 0.571. The number of hydrogen-bond donors (Lipinski definition) is 0. The van der Waals surface area contributed by atoms with Crippen LogP contribution in [0, 0.1) is 0 Å². The van der Waals surface area contributed by atoms with Crippen molar-refractivity contribution in [2.75, 3.05) is 13.2 Å². The van der Waals surface area contributed by atoms with Gasteiger partial charge in [0.25, 0.3) is 0 Å². The molecule has 0 atom stereocenters. The van der Waals surface area contributed by atoms with Gasteiger partial charge in [-0.25, -0.2) is 0 Å². The number of hydrogen-bond acceptors (Lipinski definition) is 3. The molecule has 1 heterocycles. The lowest BCUT2D eigenvalue weighted by Gasteiger charge is -2.35. The van der Waals surface area contributed by atoms with E-state index in [1.54, 1.807) is 0 Å². The maximum Gasteiger partial charge on any atom is 0.168 e. The van der Waals surface area contributed by atoms with Gasteiger partial charge in [-0.05, 0) is 25.0 Å². The minimum absolute atomic E-state index is 0.215. The predicted octanol–water partition coefficient (Wildman–Crippen LogP) is 3.46. The molecule has 0 unspecified atom stereocenters. The van der Waals surface area contributed by atoms with Gasteiger partial charge in [-0.3, -0.25) is 0 Å². The fourth-order valence-corrected chi connectivity index (χ4v) is 3.80. The maximum absolute atomic E-state index is 5.75. The van der Waals surface area contributed by atoms with Gasteiger partial charge in [0.1, 0.15) is 0 Å². The second-order valence-corrected chi connectivity index (χ2v) is 6.11. The molecule has 2 fully saturated rings. The number of ether oxygens (including phenoxy) is 2. The molecule has 0 radical (unpaired) electrons. The molecule has 3 heteroatoms. The third-order valence-electron chi connectivity index (χ3n) is 3.55. The first kappa shape index (κ1) is 11.6. The second kappa shape index (κ2) is 5.01. The molecule has 2 nitrogen and oxygen atoms in total. The van der Waals surface area contributed by atoms with E-state index < -0.39 is 0 Å². The van der Waals surface area contributed by atoms with E-state index in [-0.39, 0.29) is 5.79 Å². The first-order valence-corrected chi connectivity index (χ1v) is 7.24. The van der Waals surface area contributed by atoms with Gasteiger partial charge in [-0.2, -0.15) is 0 Å². The zero-order valence-electron chi connectivity index (χ0n) is 9.93. The molecule has 3 rings (SSSR count). The van der Waals surface area contributed by atoms with E-state index in [2.05, 4.69) is 30.3 Å². The third kappa shape index (κ3) is 2.67. The van der Waals surface area contributed by atoms with Crippen molar-refractivity contribution in [3.05, 3.63) is 30.3 Å². The van der Waals surface area contributed by atoms with Crippen molar-refractivity contribution in [1.29, 1.82) is 0 Å². The van der Waals surface area contributed by atoms with Crippen molar-refractivity contribution in [3.63, 3.8) is 0 Å². The highest BCUT2D eigenvalue weighted by Crippen LogP contribution is 2.41. The average Bonchev–Trinajstić information content (AvgIpc) is 2.83. The van der Waals surface area contributed by atoms with Crippen molar-refractivity contribution >= 4 is 11.8 Å². The molecule has 1 aromatic carbocycles. The van der Waals surface area contributed by atoms with Crippen LogP contribution in [-0.2, 0) is 9.47 Å². The predicted molar refractivity (Wildman–Crippen MR) is 69.2 cm³/mol. The zero-order valence-corrected chi connectivity index (χ0v) is 10.7. The van der Waals surface area contributed by atoms with Crippen LogP contribution in [0.15, 0.2) is 35.2 Å². The van der Waals surface area contributed by atoms with E-state index in [4.69, 9.17) is 9.47 Å². The van der Waals surface area contributed by atoms with Crippen molar-refractivity contribution < 1.29 is 9.47 Å². The minimum atomic E-state index is -0.215. The molecule has 1 spiro atoms. The van der Waals surface area contributed by atoms with Crippen LogP contribution in [0.25, 0.3) is 0 Å². The summed E-state index contributed by atoms with van der Waals surface area (Å²) in [5.74, 6) is -0.215. The largest absolute Gasteiger partial charge is 0.348 e. The van der Waals surface area contributed by atoms with Crippen molar-refractivity contribution in [1.82, 2.24) is 0 Å². The molecule has 0 amide bonds. The Morgan fingerprint density at radius 1 is 1.00 bits per heavy atom. The van der Waals surface area contributed by atoms with Crippen LogP contribution >= 0.6 is 11.8 Å². The fourth-order valence-electron chi connectivity index (χ4n) is 2.63. The Balaban J connectivity index is 1.55. The van der Waals surface area contributed by atoms with Crippen LogP contribution in [0.1, 0.15) is 25.7 Å². The molecule has 1 saturated carbocycles. The van der Waals surface area contributed by atoms with E-state index in [9.17, 15) is 0 Å². The van der Waals surface area contributed by atoms with E-state index >= 15 is 0 Å². The maximum atomic E-state index is 5.75. The molecular formula is C14H18O2S. The monoisotopic (exact) mass is 250 g/mol. The van der Waals surface area contributed by atoms with Crippen LogP contribution in [0.5, 0.6) is 0 Å².